The molecule has 1 amide bonds. The van der Waals surface area contributed by atoms with Crippen LogP contribution < -0.4 is 0 Å². The minimum Gasteiger partial charge on any atom is -0.464 e. The van der Waals surface area contributed by atoms with Crippen LogP contribution in [-0.2, 0) is 28.7 Å². The third-order valence-electron chi connectivity index (χ3n) is 7.32. The van der Waals surface area contributed by atoms with Gasteiger partial charge >= 0.3 is 11.9 Å². The monoisotopic (exact) mass is 498 g/mol. The summed E-state index contributed by atoms with van der Waals surface area (Å²) in [6.07, 6.45) is 11.1. The Morgan fingerprint density at radius 2 is 1.59 bits per heavy atom. The summed E-state index contributed by atoms with van der Waals surface area (Å²) in [5.74, 6) is -0.910. The summed E-state index contributed by atoms with van der Waals surface area (Å²) in [7, 11) is 0. The Labute approximate surface area is 209 Å². The standard InChI is InChI=1S/C25H42N2O6S/c1-3-31-23(28)16-32-21-14-22(26(15-21)24(29)18(2)17-34)25(30)33-27(19-10-6-4-7-11-19)20-12-8-5-9-13-20/h18-22,34H,3-17H2,1-2H3/t18-,21?,22+/m1/s1. The molecule has 0 aromatic heterocycles. The molecule has 3 aliphatic rings. The van der Waals surface area contributed by atoms with Gasteiger partial charge in [-0.05, 0) is 32.6 Å². The molecule has 9 heteroatoms. The fourth-order valence-corrected chi connectivity index (χ4v) is 5.57. The van der Waals surface area contributed by atoms with Crippen LogP contribution in [0.3, 0.4) is 0 Å². The van der Waals surface area contributed by atoms with Gasteiger partial charge in [-0.2, -0.15) is 12.6 Å². The second-order valence-electron chi connectivity index (χ2n) is 9.92. The molecule has 1 aliphatic heterocycles. The average Bonchev–Trinajstić information content (AvgIpc) is 3.30. The van der Waals surface area contributed by atoms with E-state index < -0.39 is 24.1 Å². The average molecular weight is 499 g/mol. The van der Waals surface area contributed by atoms with Gasteiger partial charge in [-0.15, -0.1) is 5.06 Å². The summed E-state index contributed by atoms with van der Waals surface area (Å²) in [6.45, 7) is 3.89. The molecular weight excluding hydrogens is 456 g/mol. The largest absolute Gasteiger partial charge is 0.464 e. The van der Waals surface area contributed by atoms with Crippen LogP contribution >= 0.6 is 12.6 Å². The van der Waals surface area contributed by atoms with Gasteiger partial charge in [-0.25, -0.2) is 9.59 Å². The van der Waals surface area contributed by atoms with Crippen molar-refractivity contribution in [3.63, 3.8) is 0 Å². The Kier molecular flexibility index (Phi) is 11.0. The van der Waals surface area contributed by atoms with Gasteiger partial charge in [0.1, 0.15) is 12.6 Å². The molecule has 0 bridgehead atoms. The number of amides is 1. The lowest BCUT2D eigenvalue weighted by Gasteiger charge is -2.40. The molecule has 1 heterocycles. The number of carbonyl (C=O) groups excluding carboxylic acids is 3. The molecule has 0 N–H and O–H groups in total. The van der Waals surface area contributed by atoms with Gasteiger partial charge in [-0.1, -0.05) is 45.4 Å². The molecule has 0 aromatic rings. The van der Waals surface area contributed by atoms with Crippen molar-refractivity contribution in [2.24, 2.45) is 5.92 Å². The summed E-state index contributed by atoms with van der Waals surface area (Å²) in [4.78, 5) is 46.1. The topological polar surface area (TPSA) is 85.4 Å². The fourth-order valence-electron chi connectivity index (χ4n) is 5.42. The highest BCUT2D eigenvalue weighted by atomic mass is 32.1. The Balaban J connectivity index is 1.71. The molecule has 0 spiro atoms. The molecule has 0 aromatic carbocycles. The second-order valence-corrected chi connectivity index (χ2v) is 10.3. The molecule has 1 saturated heterocycles. The van der Waals surface area contributed by atoms with E-state index in [-0.39, 0.29) is 43.7 Å². The number of rotatable bonds is 10. The number of thiol groups is 1. The Morgan fingerprint density at radius 3 is 2.12 bits per heavy atom. The maximum atomic E-state index is 13.5. The summed E-state index contributed by atoms with van der Waals surface area (Å²) < 4.78 is 10.7. The van der Waals surface area contributed by atoms with E-state index in [0.717, 1.165) is 51.4 Å². The van der Waals surface area contributed by atoms with Crippen molar-refractivity contribution < 1.29 is 28.7 Å². The number of hydroxylamine groups is 2. The van der Waals surface area contributed by atoms with Crippen molar-refractivity contribution in [2.45, 2.75) is 109 Å². The van der Waals surface area contributed by atoms with E-state index in [2.05, 4.69) is 12.6 Å². The number of hydrogen-bond donors (Lipinski definition) is 1. The van der Waals surface area contributed by atoms with Gasteiger partial charge in [0.2, 0.25) is 5.91 Å². The molecule has 3 rings (SSSR count). The Hall–Kier alpha value is -1.32. The zero-order valence-corrected chi connectivity index (χ0v) is 21.7. The molecule has 8 nitrogen and oxygen atoms in total. The van der Waals surface area contributed by atoms with Crippen LogP contribution in [0.2, 0.25) is 0 Å². The highest BCUT2D eigenvalue weighted by Crippen LogP contribution is 2.32. The van der Waals surface area contributed by atoms with Crippen LogP contribution in [0.4, 0.5) is 0 Å². The highest BCUT2D eigenvalue weighted by molar-refractivity contribution is 7.80. The SMILES string of the molecule is CCOC(=O)COC1C[C@@H](C(=O)ON(C2CCCCC2)C2CCCCC2)N(C(=O)[C@H](C)CS)C1. The van der Waals surface area contributed by atoms with Crippen LogP contribution in [-0.4, -0.2) is 77.5 Å². The van der Waals surface area contributed by atoms with Crippen molar-refractivity contribution in [3.8, 4) is 0 Å². The smallest absolute Gasteiger partial charge is 0.347 e. The third-order valence-corrected chi connectivity index (χ3v) is 7.87. The van der Waals surface area contributed by atoms with Gasteiger partial charge in [0.05, 0.1) is 12.7 Å². The summed E-state index contributed by atoms with van der Waals surface area (Å²) in [5, 5.41) is 2.00. The lowest BCUT2D eigenvalue weighted by Crippen LogP contribution is -2.50. The van der Waals surface area contributed by atoms with Crippen molar-refractivity contribution >= 4 is 30.5 Å². The van der Waals surface area contributed by atoms with Crippen molar-refractivity contribution in [1.29, 1.82) is 0 Å². The Bertz CT molecular complexity index is 662. The predicted octanol–water partition coefficient (Wildman–Crippen LogP) is 3.53. The van der Waals surface area contributed by atoms with Gasteiger partial charge in [0, 0.05) is 36.7 Å². The van der Waals surface area contributed by atoms with E-state index in [1.807, 2.05) is 5.06 Å². The van der Waals surface area contributed by atoms with Crippen LogP contribution in [0.25, 0.3) is 0 Å². The molecule has 1 unspecified atom stereocenters. The van der Waals surface area contributed by atoms with E-state index in [4.69, 9.17) is 14.3 Å². The first-order valence-corrected chi connectivity index (χ1v) is 13.8. The van der Waals surface area contributed by atoms with Crippen LogP contribution in [0.5, 0.6) is 0 Å². The summed E-state index contributed by atoms with van der Waals surface area (Å²) >= 11 is 4.27. The van der Waals surface area contributed by atoms with Crippen molar-refractivity contribution in [3.05, 3.63) is 0 Å². The lowest BCUT2D eigenvalue weighted by molar-refractivity contribution is -0.227. The fraction of sp³-hybridized carbons (Fsp3) is 0.880. The maximum absolute atomic E-state index is 13.5. The third kappa shape index (κ3) is 7.34. The first kappa shape index (κ1) is 27.3. The highest BCUT2D eigenvalue weighted by Gasteiger charge is 2.44. The molecule has 2 aliphatic carbocycles. The van der Waals surface area contributed by atoms with Crippen molar-refractivity contribution in [2.75, 3.05) is 25.5 Å². The van der Waals surface area contributed by atoms with Gasteiger partial charge in [0.15, 0.2) is 0 Å². The zero-order chi connectivity index (χ0) is 24.5. The first-order valence-electron chi connectivity index (χ1n) is 13.1. The molecule has 3 atom stereocenters. The number of ether oxygens (including phenoxy) is 2. The number of carbonyl (C=O) groups is 3. The second kappa shape index (κ2) is 13.7. The van der Waals surface area contributed by atoms with Gasteiger partial charge in [0.25, 0.3) is 0 Å². The zero-order valence-electron chi connectivity index (χ0n) is 20.8. The maximum Gasteiger partial charge on any atom is 0.347 e. The normalized spacial score (nSPS) is 25.4. The van der Waals surface area contributed by atoms with E-state index >= 15 is 0 Å². The minimum atomic E-state index is -0.725. The molecule has 3 fully saturated rings. The van der Waals surface area contributed by atoms with E-state index in [1.54, 1.807) is 18.7 Å². The first-order chi connectivity index (χ1) is 16.4. The summed E-state index contributed by atoms with van der Waals surface area (Å²) in [5.41, 5.74) is 0. The minimum absolute atomic E-state index is 0.138. The van der Waals surface area contributed by atoms with Crippen LogP contribution in [0.1, 0.15) is 84.5 Å². The van der Waals surface area contributed by atoms with Crippen LogP contribution in [0.15, 0.2) is 0 Å². The predicted molar refractivity (Wildman–Crippen MR) is 131 cm³/mol. The van der Waals surface area contributed by atoms with E-state index in [9.17, 15) is 14.4 Å². The Morgan fingerprint density at radius 1 is 1.00 bits per heavy atom. The van der Waals surface area contributed by atoms with Crippen molar-refractivity contribution in [1.82, 2.24) is 9.96 Å². The van der Waals surface area contributed by atoms with Gasteiger partial charge < -0.3 is 19.2 Å². The number of likely N-dealkylation sites (tertiary alicyclic amines) is 1. The lowest BCUT2D eigenvalue weighted by atomic mass is 9.90. The summed E-state index contributed by atoms with van der Waals surface area (Å²) in [6, 6.07) is -0.228. The molecule has 194 valence electrons. The molecule has 2 saturated carbocycles. The molecule has 34 heavy (non-hydrogen) atoms. The van der Waals surface area contributed by atoms with Gasteiger partial charge in [-0.3, -0.25) is 4.79 Å². The van der Waals surface area contributed by atoms with E-state index in [1.165, 1.54) is 12.8 Å². The van der Waals surface area contributed by atoms with E-state index in [0.29, 0.717) is 12.2 Å². The molecular formula is C25H42N2O6S. The number of hydrogen-bond acceptors (Lipinski definition) is 8. The quantitative estimate of drug-likeness (QED) is 0.280. The number of esters is 1. The molecule has 0 radical (unpaired) electrons. The number of nitrogens with zero attached hydrogens (tertiary/aromatic N) is 2. The van der Waals surface area contributed by atoms with Crippen LogP contribution in [0, 0.1) is 5.92 Å².